The number of phenolic OH excluding ortho intramolecular Hbond substituents is 2. The molecule has 0 atom stereocenters. The van der Waals surface area contributed by atoms with Crippen LogP contribution >= 0.6 is 0 Å². The van der Waals surface area contributed by atoms with Gasteiger partial charge in [-0.3, -0.25) is 9.63 Å². The molecule has 1 aliphatic rings. The fourth-order valence-corrected chi connectivity index (χ4v) is 1.62. The van der Waals surface area contributed by atoms with Crippen LogP contribution in [0.3, 0.4) is 0 Å². The largest absolute Gasteiger partial charge is 0.508 e. The van der Waals surface area contributed by atoms with Gasteiger partial charge in [0.2, 0.25) is 0 Å². The summed E-state index contributed by atoms with van der Waals surface area (Å²) in [7, 11) is 0. The molecule has 86 valence electrons. The third-order valence-corrected chi connectivity index (χ3v) is 2.38. The second-order valence-electron chi connectivity index (χ2n) is 3.69. The zero-order valence-electron chi connectivity index (χ0n) is 8.72. The number of hydroxylamine groups is 2. The first-order chi connectivity index (χ1) is 7.66. The van der Waals surface area contributed by atoms with Gasteiger partial charge in [-0.05, 0) is 25.0 Å². The van der Waals surface area contributed by atoms with E-state index in [1.54, 1.807) is 0 Å². The maximum atomic E-state index is 11.9. The normalized spacial score (nSPS) is 16.1. The van der Waals surface area contributed by atoms with Crippen molar-refractivity contribution < 1.29 is 19.8 Å². The zero-order valence-corrected chi connectivity index (χ0v) is 8.72. The van der Waals surface area contributed by atoms with E-state index < -0.39 is 0 Å². The molecule has 0 radical (unpaired) electrons. The highest BCUT2D eigenvalue weighted by atomic mass is 16.7. The Kier molecular flexibility index (Phi) is 2.96. The van der Waals surface area contributed by atoms with E-state index in [0.29, 0.717) is 13.2 Å². The van der Waals surface area contributed by atoms with Crippen LogP contribution in [0.4, 0.5) is 0 Å². The quantitative estimate of drug-likeness (QED) is 0.752. The van der Waals surface area contributed by atoms with E-state index in [2.05, 4.69) is 0 Å². The van der Waals surface area contributed by atoms with Crippen molar-refractivity contribution >= 4 is 5.91 Å². The van der Waals surface area contributed by atoms with Crippen LogP contribution in [0.2, 0.25) is 0 Å². The summed E-state index contributed by atoms with van der Waals surface area (Å²) in [5.41, 5.74) is 0.222. The Hall–Kier alpha value is -1.75. The van der Waals surface area contributed by atoms with E-state index in [1.165, 1.54) is 23.3 Å². The molecule has 1 amide bonds. The number of hydrogen-bond acceptors (Lipinski definition) is 4. The third kappa shape index (κ3) is 2.25. The van der Waals surface area contributed by atoms with Gasteiger partial charge in [0.15, 0.2) is 0 Å². The molecule has 0 aromatic heterocycles. The standard InChI is InChI=1S/C11H13NO4/c13-9-5-8(6-10(14)7-9)11(15)12-3-1-2-4-16-12/h5-7,13-14H,1-4H2. The van der Waals surface area contributed by atoms with Crippen LogP contribution < -0.4 is 0 Å². The van der Waals surface area contributed by atoms with Crippen LogP contribution in [-0.4, -0.2) is 34.3 Å². The number of aromatic hydroxyl groups is 2. The monoisotopic (exact) mass is 223 g/mol. The SMILES string of the molecule is O=C(c1cc(O)cc(O)c1)N1CCCCO1. The van der Waals surface area contributed by atoms with Gasteiger partial charge in [-0.2, -0.15) is 0 Å². The maximum absolute atomic E-state index is 11.9. The van der Waals surface area contributed by atoms with Crippen molar-refractivity contribution in [3.8, 4) is 11.5 Å². The van der Waals surface area contributed by atoms with E-state index in [-0.39, 0.29) is 23.0 Å². The number of hydrogen-bond donors (Lipinski definition) is 2. The minimum absolute atomic E-state index is 0.139. The van der Waals surface area contributed by atoms with E-state index in [0.717, 1.165) is 12.8 Å². The first-order valence-electron chi connectivity index (χ1n) is 5.14. The van der Waals surface area contributed by atoms with E-state index in [1.807, 2.05) is 0 Å². The fourth-order valence-electron chi connectivity index (χ4n) is 1.62. The average Bonchev–Trinajstić information content (AvgIpc) is 2.28. The molecule has 1 aromatic carbocycles. The van der Waals surface area contributed by atoms with Crippen molar-refractivity contribution in [2.24, 2.45) is 0 Å². The Bertz CT molecular complexity index is 379. The van der Waals surface area contributed by atoms with Gasteiger partial charge in [0.1, 0.15) is 11.5 Å². The first kappa shape index (κ1) is 10.8. The van der Waals surface area contributed by atoms with Crippen molar-refractivity contribution in [3.63, 3.8) is 0 Å². The van der Waals surface area contributed by atoms with Gasteiger partial charge in [-0.1, -0.05) is 0 Å². The molecule has 2 rings (SSSR count). The topological polar surface area (TPSA) is 70.0 Å². The lowest BCUT2D eigenvalue weighted by molar-refractivity contribution is -0.144. The molecule has 1 saturated heterocycles. The number of phenols is 2. The molecule has 16 heavy (non-hydrogen) atoms. The Morgan fingerprint density at radius 1 is 1.19 bits per heavy atom. The second kappa shape index (κ2) is 4.40. The fraction of sp³-hybridized carbons (Fsp3) is 0.364. The molecule has 1 fully saturated rings. The average molecular weight is 223 g/mol. The maximum Gasteiger partial charge on any atom is 0.277 e. The van der Waals surface area contributed by atoms with Gasteiger partial charge in [0.05, 0.1) is 6.61 Å². The summed E-state index contributed by atoms with van der Waals surface area (Å²) in [6.07, 6.45) is 1.84. The molecule has 0 saturated carbocycles. The predicted molar refractivity (Wildman–Crippen MR) is 56.0 cm³/mol. The highest BCUT2D eigenvalue weighted by Gasteiger charge is 2.20. The molecule has 0 spiro atoms. The molecule has 0 bridgehead atoms. The molecule has 0 aliphatic carbocycles. The van der Waals surface area contributed by atoms with Gasteiger partial charge in [0.25, 0.3) is 5.91 Å². The van der Waals surface area contributed by atoms with Crippen molar-refractivity contribution in [3.05, 3.63) is 23.8 Å². The van der Waals surface area contributed by atoms with Gasteiger partial charge < -0.3 is 10.2 Å². The molecule has 5 heteroatoms. The van der Waals surface area contributed by atoms with E-state index in [9.17, 15) is 15.0 Å². The van der Waals surface area contributed by atoms with Crippen LogP contribution in [0.1, 0.15) is 23.2 Å². The number of amides is 1. The van der Waals surface area contributed by atoms with Crippen LogP contribution in [0.15, 0.2) is 18.2 Å². The van der Waals surface area contributed by atoms with Gasteiger partial charge in [-0.25, -0.2) is 5.06 Å². The van der Waals surface area contributed by atoms with Crippen molar-refractivity contribution in [1.29, 1.82) is 0 Å². The molecule has 1 heterocycles. The minimum Gasteiger partial charge on any atom is -0.508 e. The van der Waals surface area contributed by atoms with Gasteiger partial charge >= 0.3 is 0 Å². The van der Waals surface area contributed by atoms with E-state index in [4.69, 9.17) is 4.84 Å². The number of nitrogens with zero attached hydrogens (tertiary/aromatic N) is 1. The van der Waals surface area contributed by atoms with Crippen molar-refractivity contribution in [2.75, 3.05) is 13.2 Å². The summed E-state index contributed by atoms with van der Waals surface area (Å²) in [6, 6.07) is 3.79. The Morgan fingerprint density at radius 2 is 1.88 bits per heavy atom. The van der Waals surface area contributed by atoms with Gasteiger partial charge in [0, 0.05) is 18.2 Å². The molecular formula is C11H13NO4. The molecule has 0 unspecified atom stereocenters. The van der Waals surface area contributed by atoms with Crippen molar-refractivity contribution in [2.45, 2.75) is 12.8 Å². The molecule has 5 nitrogen and oxygen atoms in total. The molecule has 1 aromatic rings. The molecule has 1 aliphatic heterocycles. The number of carbonyl (C=O) groups excluding carboxylic acids is 1. The highest BCUT2D eigenvalue weighted by Crippen LogP contribution is 2.22. The van der Waals surface area contributed by atoms with Gasteiger partial charge in [-0.15, -0.1) is 0 Å². The number of carbonyl (C=O) groups is 1. The summed E-state index contributed by atoms with van der Waals surface area (Å²) in [5.74, 6) is -0.619. The van der Waals surface area contributed by atoms with Crippen LogP contribution in [0.25, 0.3) is 0 Å². The number of benzene rings is 1. The Labute approximate surface area is 92.8 Å². The lowest BCUT2D eigenvalue weighted by Gasteiger charge is -2.25. The lowest BCUT2D eigenvalue weighted by atomic mass is 10.1. The molecule has 2 N–H and O–H groups in total. The summed E-state index contributed by atoms with van der Waals surface area (Å²) in [5, 5.41) is 19.8. The minimum atomic E-state index is -0.342. The van der Waals surface area contributed by atoms with Crippen molar-refractivity contribution in [1.82, 2.24) is 5.06 Å². The van der Waals surface area contributed by atoms with Crippen LogP contribution in [0, 0.1) is 0 Å². The first-order valence-corrected chi connectivity index (χ1v) is 5.14. The third-order valence-electron chi connectivity index (χ3n) is 2.38. The summed E-state index contributed by atoms with van der Waals surface area (Å²) in [6.45, 7) is 1.06. The summed E-state index contributed by atoms with van der Waals surface area (Å²) < 4.78 is 0. The predicted octanol–water partition coefficient (Wildman–Crippen LogP) is 1.27. The lowest BCUT2D eigenvalue weighted by Crippen LogP contribution is -2.35. The van der Waals surface area contributed by atoms with Crippen LogP contribution in [0.5, 0.6) is 11.5 Å². The Balaban J connectivity index is 2.19. The zero-order chi connectivity index (χ0) is 11.5. The highest BCUT2D eigenvalue weighted by molar-refractivity contribution is 5.94. The smallest absolute Gasteiger partial charge is 0.277 e. The second-order valence-corrected chi connectivity index (χ2v) is 3.69. The van der Waals surface area contributed by atoms with E-state index >= 15 is 0 Å². The number of rotatable bonds is 1. The van der Waals surface area contributed by atoms with Crippen LogP contribution in [-0.2, 0) is 4.84 Å². The summed E-state index contributed by atoms with van der Waals surface area (Å²) in [4.78, 5) is 17.1. The summed E-state index contributed by atoms with van der Waals surface area (Å²) >= 11 is 0. The molecular weight excluding hydrogens is 210 g/mol. The Morgan fingerprint density at radius 3 is 2.44 bits per heavy atom.